The first-order chi connectivity index (χ1) is 9.75. The maximum atomic E-state index is 6.62. The SMILES string of the molecule is Cc1cscc1C(Cl)c1ccc(C2CCCCC2)cc1. The topological polar surface area (TPSA) is 0 Å². The average Bonchev–Trinajstić information content (AvgIpc) is 2.94. The van der Waals surface area contributed by atoms with Crippen LogP contribution >= 0.6 is 22.9 Å². The van der Waals surface area contributed by atoms with E-state index in [0.717, 1.165) is 5.92 Å². The van der Waals surface area contributed by atoms with Gasteiger partial charge < -0.3 is 0 Å². The van der Waals surface area contributed by atoms with E-state index >= 15 is 0 Å². The van der Waals surface area contributed by atoms with Gasteiger partial charge in [0.05, 0.1) is 5.38 Å². The molecule has 1 aromatic heterocycles. The molecule has 106 valence electrons. The van der Waals surface area contributed by atoms with Crippen LogP contribution in [0.2, 0.25) is 0 Å². The summed E-state index contributed by atoms with van der Waals surface area (Å²) in [4.78, 5) is 0. The lowest BCUT2D eigenvalue weighted by Crippen LogP contribution is -2.04. The highest BCUT2D eigenvalue weighted by atomic mass is 35.5. The molecule has 0 nitrogen and oxygen atoms in total. The molecule has 0 saturated heterocycles. The Morgan fingerprint density at radius 1 is 1.05 bits per heavy atom. The third-order valence-electron chi connectivity index (χ3n) is 4.47. The van der Waals surface area contributed by atoms with Gasteiger partial charge in [0.1, 0.15) is 0 Å². The Morgan fingerprint density at radius 3 is 2.35 bits per heavy atom. The predicted octanol–water partition coefficient (Wildman–Crippen LogP) is 6.43. The second kappa shape index (κ2) is 6.32. The molecule has 0 amide bonds. The van der Waals surface area contributed by atoms with Crippen LogP contribution in [0.1, 0.15) is 65.7 Å². The fourth-order valence-corrected chi connectivity index (χ4v) is 4.51. The van der Waals surface area contributed by atoms with Crippen LogP contribution in [0, 0.1) is 6.92 Å². The van der Waals surface area contributed by atoms with Crippen molar-refractivity contribution in [1.29, 1.82) is 0 Å². The summed E-state index contributed by atoms with van der Waals surface area (Å²) in [7, 11) is 0. The normalized spacial score (nSPS) is 18.1. The number of alkyl halides is 1. The molecule has 1 aliphatic carbocycles. The van der Waals surface area contributed by atoms with E-state index in [0.29, 0.717) is 0 Å². The van der Waals surface area contributed by atoms with Crippen LogP contribution in [-0.2, 0) is 0 Å². The molecule has 20 heavy (non-hydrogen) atoms. The van der Waals surface area contributed by atoms with Crippen LogP contribution in [0.15, 0.2) is 35.0 Å². The number of rotatable bonds is 3. The fourth-order valence-electron chi connectivity index (χ4n) is 3.18. The molecule has 1 aromatic carbocycles. The van der Waals surface area contributed by atoms with E-state index in [1.165, 1.54) is 54.4 Å². The standard InChI is InChI=1S/C18H21ClS/c1-13-11-20-12-17(13)18(19)16-9-7-15(8-10-16)14-5-3-2-4-6-14/h7-12,14,18H,2-6H2,1H3. The van der Waals surface area contributed by atoms with E-state index in [4.69, 9.17) is 11.6 Å². The van der Waals surface area contributed by atoms with Gasteiger partial charge >= 0.3 is 0 Å². The summed E-state index contributed by atoms with van der Waals surface area (Å²) in [6, 6.07) is 9.03. The lowest BCUT2D eigenvalue weighted by Gasteiger charge is -2.22. The van der Waals surface area contributed by atoms with Gasteiger partial charge in [-0.15, -0.1) is 11.6 Å². The van der Waals surface area contributed by atoms with Gasteiger partial charge in [0.15, 0.2) is 0 Å². The number of thiophene rings is 1. The van der Waals surface area contributed by atoms with Crippen LogP contribution < -0.4 is 0 Å². The molecular weight excluding hydrogens is 284 g/mol. The molecule has 1 heterocycles. The molecule has 2 aromatic rings. The Labute approximate surface area is 130 Å². The minimum atomic E-state index is -0.0124. The van der Waals surface area contributed by atoms with Gasteiger partial charge in [-0.1, -0.05) is 43.5 Å². The Morgan fingerprint density at radius 2 is 1.75 bits per heavy atom. The Balaban J connectivity index is 1.77. The molecule has 1 atom stereocenters. The molecule has 0 radical (unpaired) electrons. The summed E-state index contributed by atoms with van der Waals surface area (Å²) in [6.07, 6.45) is 6.90. The van der Waals surface area contributed by atoms with Crippen molar-refractivity contribution in [3.63, 3.8) is 0 Å². The first-order valence-electron chi connectivity index (χ1n) is 7.52. The molecule has 1 unspecified atom stereocenters. The Bertz CT molecular complexity index is 549. The summed E-state index contributed by atoms with van der Waals surface area (Å²) in [5.41, 5.74) is 5.26. The van der Waals surface area contributed by atoms with Crippen molar-refractivity contribution in [3.8, 4) is 0 Å². The number of aryl methyl sites for hydroxylation is 1. The van der Waals surface area contributed by atoms with E-state index < -0.39 is 0 Å². The van der Waals surface area contributed by atoms with E-state index in [-0.39, 0.29) is 5.38 Å². The van der Waals surface area contributed by atoms with Crippen molar-refractivity contribution in [1.82, 2.24) is 0 Å². The zero-order valence-corrected chi connectivity index (χ0v) is 13.5. The highest BCUT2D eigenvalue weighted by molar-refractivity contribution is 7.08. The van der Waals surface area contributed by atoms with Gasteiger partial charge in [-0.2, -0.15) is 11.3 Å². The highest BCUT2D eigenvalue weighted by Crippen LogP contribution is 2.36. The molecule has 1 aliphatic rings. The van der Waals surface area contributed by atoms with Crippen LogP contribution in [0.25, 0.3) is 0 Å². The molecule has 1 saturated carbocycles. The maximum Gasteiger partial charge on any atom is 0.0846 e. The number of hydrogen-bond donors (Lipinski definition) is 0. The zero-order chi connectivity index (χ0) is 13.9. The largest absolute Gasteiger partial charge is 0.152 e. The van der Waals surface area contributed by atoms with Gasteiger partial charge in [0.2, 0.25) is 0 Å². The predicted molar refractivity (Wildman–Crippen MR) is 89.0 cm³/mol. The quantitative estimate of drug-likeness (QED) is 0.573. The van der Waals surface area contributed by atoms with Gasteiger partial charge in [-0.3, -0.25) is 0 Å². The molecule has 1 fully saturated rings. The molecule has 0 N–H and O–H groups in total. The fraction of sp³-hybridized carbons (Fsp3) is 0.444. The third-order valence-corrected chi connectivity index (χ3v) is 5.84. The zero-order valence-electron chi connectivity index (χ0n) is 11.9. The van der Waals surface area contributed by atoms with E-state index in [2.05, 4.69) is 41.9 Å². The highest BCUT2D eigenvalue weighted by Gasteiger charge is 2.17. The van der Waals surface area contributed by atoms with Crippen molar-refractivity contribution in [2.24, 2.45) is 0 Å². The minimum Gasteiger partial charge on any atom is -0.152 e. The summed E-state index contributed by atoms with van der Waals surface area (Å²) in [5.74, 6) is 0.773. The van der Waals surface area contributed by atoms with E-state index in [1.54, 1.807) is 11.3 Å². The molecule has 0 bridgehead atoms. The van der Waals surface area contributed by atoms with Crippen LogP contribution in [0.5, 0.6) is 0 Å². The number of benzene rings is 1. The lowest BCUT2D eigenvalue weighted by molar-refractivity contribution is 0.443. The second-order valence-electron chi connectivity index (χ2n) is 5.87. The van der Waals surface area contributed by atoms with E-state index in [9.17, 15) is 0 Å². The van der Waals surface area contributed by atoms with Crippen LogP contribution in [0.4, 0.5) is 0 Å². The van der Waals surface area contributed by atoms with Gasteiger partial charge in [0, 0.05) is 0 Å². The first kappa shape index (κ1) is 14.2. The van der Waals surface area contributed by atoms with Gasteiger partial charge in [-0.05, 0) is 58.7 Å². The summed E-state index contributed by atoms with van der Waals surface area (Å²) in [6.45, 7) is 2.14. The summed E-state index contributed by atoms with van der Waals surface area (Å²) < 4.78 is 0. The van der Waals surface area contributed by atoms with Crippen LogP contribution in [-0.4, -0.2) is 0 Å². The van der Waals surface area contributed by atoms with Crippen molar-refractivity contribution in [2.75, 3.05) is 0 Å². The van der Waals surface area contributed by atoms with Gasteiger partial charge in [0.25, 0.3) is 0 Å². The summed E-state index contributed by atoms with van der Waals surface area (Å²) >= 11 is 8.35. The summed E-state index contributed by atoms with van der Waals surface area (Å²) in [5, 5.41) is 4.32. The molecule has 0 spiro atoms. The van der Waals surface area contributed by atoms with E-state index in [1.807, 2.05) is 0 Å². The average molecular weight is 305 g/mol. The molecular formula is C18H21ClS. The second-order valence-corrected chi connectivity index (χ2v) is 7.05. The number of halogens is 1. The third kappa shape index (κ3) is 2.94. The van der Waals surface area contributed by atoms with Crippen molar-refractivity contribution >= 4 is 22.9 Å². The minimum absolute atomic E-state index is 0.0124. The number of hydrogen-bond acceptors (Lipinski definition) is 1. The lowest BCUT2D eigenvalue weighted by atomic mass is 9.84. The smallest absolute Gasteiger partial charge is 0.0846 e. The maximum absolute atomic E-state index is 6.62. The Hall–Kier alpha value is -0.790. The van der Waals surface area contributed by atoms with Crippen LogP contribution in [0.3, 0.4) is 0 Å². The van der Waals surface area contributed by atoms with Gasteiger partial charge in [-0.25, -0.2) is 0 Å². The molecule has 3 rings (SSSR count). The van der Waals surface area contributed by atoms with Crippen molar-refractivity contribution < 1.29 is 0 Å². The first-order valence-corrected chi connectivity index (χ1v) is 8.90. The molecule has 0 aliphatic heterocycles. The van der Waals surface area contributed by atoms with Crippen molar-refractivity contribution in [2.45, 2.75) is 50.3 Å². The van der Waals surface area contributed by atoms with Crippen molar-refractivity contribution in [3.05, 3.63) is 57.3 Å². The molecule has 2 heteroatoms. The monoisotopic (exact) mass is 304 g/mol. The Kier molecular flexibility index (Phi) is 4.48.